The zero-order valence-electron chi connectivity index (χ0n) is 5.98. The van der Waals surface area contributed by atoms with E-state index in [0.717, 1.165) is 6.67 Å². The standard InChI is InChI=1S/C8H12N2/c1-2-4-8-7(3-1)5-9-6-10-8/h4-5,9-10H,1-3,6H2. The summed E-state index contributed by atoms with van der Waals surface area (Å²) in [7, 11) is 0. The van der Waals surface area contributed by atoms with Crippen LogP contribution in [0.3, 0.4) is 0 Å². The predicted octanol–water partition coefficient (Wildman–Crippen LogP) is 1.09. The smallest absolute Gasteiger partial charge is 0.0844 e. The highest BCUT2D eigenvalue weighted by molar-refractivity contribution is 5.32. The van der Waals surface area contributed by atoms with E-state index in [4.69, 9.17) is 0 Å². The Kier molecular flexibility index (Phi) is 1.38. The fraction of sp³-hybridized carbons (Fsp3) is 0.500. The lowest BCUT2D eigenvalue weighted by Gasteiger charge is -2.23. The molecule has 0 spiro atoms. The van der Waals surface area contributed by atoms with Gasteiger partial charge in [0.2, 0.25) is 0 Å². The van der Waals surface area contributed by atoms with Gasteiger partial charge in [-0.25, -0.2) is 0 Å². The molecule has 0 unspecified atom stereocenters. The molecule has 10 heavy (non-hydrogen) atoms. The second kappa shape index (κ2) is 2.37. The number of nitrogens with one attached hydrogen (secondary N) is 2. The van der Waals surface area contributed by atoms with Gasteiger partial charge in [-0.05, 0) is 24.8 Å². The molecule has 0 aromatic rings. The Labute approximate surface area is 61.0 Å². The third-order valence-corrected chi connectivity index (χ3v) is 2.00. The van der Waals surface area contributed by atoms with Crippen LogP contribution in [-0.4, -0.2) is 6.67 Å². The van der Waals surface area contributed by atoms with Crippen LogP contribution in [0.5, 0.6) is 0 Å². The Hall–Kier alpha value is -0.920. The molecule has 0 amide bonds. The van der Waals surface area contributed by atoms with E-state index in [0.29, 0.717) is 0 Å². The quantitative estimate of drug-likeness (QED) is 0.521. The first-order valence-electron chi connectivity index (χ1n) is 3.83. The zero-order valence-corrected chi connectivity index (χ0v) is 5.98. The Morgan fingerprint density at radius 1 is 1.40 bits per heavy atom. The van der Waals surface area contributed by atoms with Crippen LogP contribution in [0.25, 0.3) is 0 Å². The summed E-state index contributed by atoms with van der Waals surface area (Å²) in [6.07, 6.45) is 8.18. The highest BCUT2D eigenvalue weighted by Crippen LogP contribution is 2.22. The van der Waals surface area contributed by atoms with Crippen molar-refractivity contribution < 1.29 is 0 Å². The van der Waals surface area contributed by atoms with E-state index < -0.39 is 0 Å². The van der Waals surface area contributed by atoms with Gasteiger partial charge in [-0.1, -0.05) is 6.08 Å². The van der Waals surface area contributed by atoms with Crippen LogP contribution >= 0.6 is 0 Å². The molecule has 2 nitrogen and oxygen atoms in total. The molecule has 0 bridgehead atoms. The molecule has 0 radical (unpaired) electrons. The Balaban J connectivity index is 2.25. The van der Waals surface area contributed by atoms with Crippen LogP contribution in [0.1, 0.15) is 19.3 Å². The molecule has 0 atom stereocenters. The minimum Gasteiger partial charge on any atom is -0.374 e. The van der Waals surface area contributed by atoms with E-state index in [1.165, 1.54) is 30.5 Å². The maximum atomic E-state index is 3.30. The van der Waals surface area contributed by atoms with Crippen LogP contribution in [0.2, 0.25) is 0 Å². The summed E-state index contributed by atoms with van der Waals surface area (Å²) >= 11 is 0. The van der Waals surface area contributed by atoms with Crippen LogP contribution < -0.4 is 10.6 Å². The minimum atomic E-state index is 0.884. The highest BCUT2D eigenvalue weighted by atomic mass is 15.1. The van der Waals surface area contributed by atoms with Gasteiger partial charge < -0.3 is 10.6 Å². The molecule has 1 heterocycles. The van der Waals surface area contributed by atoms with Crippen LogP contribution in [-0.2, 0) is 0 Å². The van der Waals surface area contributed by atoms with Crippen LogP contribution in [0, 0.1) is 0 Å². The van der Waals surface area contributed by atoms with E-state index in [1.807, 2.05) is 0 Å². The van der Waals surface area contributed by atoms with Crippen molar-refractivity contribution in [2.45, 2.75) is 19.3 Å². The highest BCUT2D eigenvalue weighted by Gasteiger charge is 2.11. The summed E-state index contributed by atoms with van der Waals surface area (Å²) in [4.78, 5) is 0. The molecule has 0 saturated carbocycles. The van der Waals surface area contributed by atoms with Crippen molar-refractivity contribution in [3.8, 4) is 0 Å². The maximum absolute atomic E-state index is 3.30. The maximum Gasteiger partial charge on any atom is 0.0844 e. The van der Waals surface area contributed by atoms with E-state index in [2.05, 4.69) is 22.9 Å². The van der Waals surface area contributed by atoms with Gasteiger partial charge in [-0.15, -0.1) is 0 Å². The fourth-order valence-electron chi connectivity index (χ4n) is 1.46. The van der Waals surface area contributed by atoms with Gasteiger partial charge in [-0.3, -0.25) is 0 Å². The van der Waals surface area contributed by atoms with Gasteiger partial charge in [0.05, 0.1) is 6.67 Å². The molecule has 1 aliphatic heterocycles. The largest absolute Gasteiger partial charge is 0.374 e. The lowest BCUT2D eigenvalue weighted by molar-refractivity contribution is 0.654. The van der Waals surface area contributed by atoms with Crippen molar-refractivity contribution in [2.24, 2.45) is 0 Å². The number of allylic oxidation sites excluding steroid dienone is 2. The molecule has 2 heteroatoms. The average Bonchev–Trinajstić information content (AvgIpc) is 2.05. The summed E-state index contributed by atoms with van der Waals surface area (Å²) in [5, 5.41) is 6.47. The second-order valence-corrected chi connectivity index (χ2v) is 2.74. The average molecular weight is 136 g/mol. The molecular formula is C8H12N2. The number of rotatable bonds is 0. The first-order chi connectivity index (χ1) is 4.97. The van der Waals surface area contributed by atoms with Crippen molar-refractivity contribution in [1.82, 2.24) is 10.6 Å². The van der Waals surface area contributed by atoms with Gasteiger partial charge in [-0.2, -0.15) is 0 Å². The molecule has 0 fully saturated rings. The van der Waals surface area contributed by atoms with Crippen molar-refractivity contribution in [3.63, 3.8) is 0 Å². The second-order valence-electron chi connectivity index (χ2n) is 2.74. The summed E-state index contributed by atoms with van der Waals surface area (Å²) in [5.74, 6) is 0. The Morgan fingerprint density at radius 2 is 2.40 bits per heavy atom. The first-order valence-corrected chi connectivity index (χ1v) is 3.83. The van der Waals surface area contributed by atoms with Gasteiger partial charge in [0.1, 0.15) is 0 Å². The molecular weight excluding hydrogens is 124 g/mol. The Bertz CT molecular complexity index is 169. The number of hydrogen-bond acceptors (Lipinski definition) is 2. The van der Waals surface area contributed by atoms with Crippen molar-refractivity contribution in [3.05, 3.63) is 23.5 Å². The third kappa shape index (κ3) is 0.897. The Morgan fingerprint density at radius 3 is 3.30 bits per heavy atom. The lowest BCUT2D eigenvalue weighted by Crippen LogP contribution is -2.31. The molecule has 0 saturated heterocycles. The monoisotopic (exact) mass is 136 g/mol. The van der Waals surface area contributed by atoms with E-state index >= 15 is 0 Å². The molecule has 0 aromatic heterocycles. The molecule has 54 valence electrons. The lowest BCUT2D eigenvalue weighted by atomic mass is 9.99. The molecule has 0 aromatic carbocycles. The first kappa shape index (κ1) is 5.83. The van der Waals surface area contributed by atoms with E-state index in [-0.39, 0.29) is 0 Å². The van der Waals surface area contributed by atoms with E-state index in [1.54, 1.807) is 0 Å². The summed E-state index contributed by atoms with van der Waals surface area (Å²) in [5.41, 5.74) is 2.79. The number of hydrogen-bond donors (Lipinski definition) is 2. The van der Waals surface area contributed by atoms with Crippen molar-refractivity contribution in [2.75, 3.05) is 6.67 Å². The third-order valence-electron chi connectivity index (χ3n) is 2.00. The molecule has 2 aliphatic rings. The normalized spacial score (nSPS) is 23.2. The van der Waals surface area contributed by atoms with Gasteiger partial charge in [0, 0.05) is 11.9 Å². The van der Waals surface area contributed by atoms with Crippen molar-refractivity contribution in [1.29, 1.82) is 0 Å². The predicted molar refractivity (Wildman–Crippen MR) is 41.2 cm³/mol. The topological polar surface area (TPSA) is 24.1 Å². The summed E-state index contributed by atoms with van der Waals surface area (Å²) < 4.78 is 0. The molecule has 1 aliphatic carbocycles. The fourth-order valence-corrected chi connectivity index (χ4v) is 1.46. The molecule has 2 N–H and O–H groups in total. The van der Waals surface area contributed by atoms with Gasteiger partial charge in [0.25, 0.3) is 0 Å². The zero-order chi connectivity index (χ0) is 6.81. The van der Waals surface area contributed by atoms with E-state index in [9.17, 15) is 0 Å². The van der Waals surface area contributed by atoms with Gasteiger partial charge in [0.15, 0.2) is 0 Å². The summed E-state index contributed by atoms with van der Waals surface area (Å²) in [6, 6.07) is 0. The van der Waals surface area contributed by atoms with Crippen molar-refractivity contribution >= 4 is 0 Å². The van der Waals surface area contributed by atoms with Crippen LogP contribution in [0.4, 0.5) is 0 Å². The number of fused-ring (bicyclic) bond motifs is 1. The SMILES string of the molecule is C1=C2CCCC=C2NCN1. The minimum absolute atomic E-state index is 0.884. The van der Waals surface area contributed by atoms with Crippen LogP contribution in [0.15, 0.2) is 23.5 Å². The van der Waals surface area contributed by atoms with Gasteiger partial charge >= 0.3 is 0 Å². The molecule has 2 rings (SSSR count). The summed E-state index contributed by atoms with van der Waals surface area (Å²) in [6.45, 7) is 0.884.